The molecule has 6 heteroatoms. The highest BCUT2D eigenvalue weighted by molar-refractivity contribution is 5.93. The molecule has 160 valence electrons. The molecular formula is C25H26N2O4. The van der Waals surface area contributed by atoms with Gasteiger partial charge in [0.25, 0.3) is 5.56 Å². The lowest BCUT2D eigenvalue weighted by molar-refractivity contribution is 0.0697. The number of carbonyl (C=O) groups is 1. The molecule has 0 spiro atoms. The van der Waals surface area contributed by atoms with E-state index in [1.165, 1.54) is 31.4 Å². The summed E-state index contributed by atoms with van der Waals surface area (Å²) in [4.78, 5) is 28.7. The van der Waals surface area contributed by atoms with Crippen LogP contribution in [0.25, 0.3) is 22.6 Å². The molecule has 0 atom stereocenters. The first-order valence-electron chi connectivity index (χ1n) is 10.8. The first-order chi connectivity index (χ1) is 15.1. The minimum Gasteiger partial charge on any atom is -0.494 e. The molecule has 1 aliphatic rings. The molecular weight excluding hydrogens is 392 g/mol. The third kappa shape index (κ3) is 4.53. The van der Waals surface area contributed by atoms with Crippen LogP contribution >= 0.6 is 0 Å². The number of ether oxygens (including phenoxy) is 1. The molecule has 1 aromatic heterocycles. The molecule has 0 amide bonds. The van der Waals surface area contributed by atoms with E-state index < -0.39 is 5.97 Å². The molecule has 2 heterocycles. The van der Waals surface area contributed by atoms with E-state index in [0.717, 1.165) is 29.9 Å². The number of nitrogens with zero attached hydrogens (tertiary/aromatic N) is 2. The molecule has 0 saturated heterocycles. The van der Waals surface area contributed by atoms with Crippen LogP contribution in [0.2, 0.25) is 0 Å². The largest absolute Gasteiger partial charge is 0.494 e. The zero-order chi connectivity index (χ0) is 21.8. The Morgan fingerprint density at radius 1 is 1.16 bits per heavy atom. The third-order valence-corrected chi connectivity index (χ3v) is 5.58. The summed E-state index contributed by atoms with van der Waals surface area (Å²) in [6, 6.07) is 12.4. The summed E-state index contributed by atoms with van der Waals surface area (Å²) < 4.78 is 7.47. The van der Waals surface area contributed by atoms with Crippen LogP contribution in [0.3, 0.4) is 0 Å². The predicted octanol–water partition coefficient (Wildman–Crippen LogP) is 5.00. The number of hydrogen-bond acceptors (Lipinski definition) is 4. The highest BCUT2D eigenvalue weighted by atomic mass is 16.5. The summed E-state index contributed by atoms with van der Waals surface area (Å²) in [7, 11) is 0. The summed E-state index contributed by atoms with van der Waals surface area (Å²) in [5.41, 5.74) is 2.38. The molecule has 0 saturated carbocycles. The molecule has 3 aromatic rings. The van der Waals surface area contributed by atoms with E-state index in [-0.39, 0.29) is 11.1 Å². The Balaban J connectivity index is 1.56. The van der Waals surface area contributed by atoms with Crippen LogP contribution in [0, 0.1) is 0 Å². The Hall–Kier alpha value is -3.41. The van der Waals surface area contributed by atoms with E-state index >= 15 is 0 Å². The van der Waals surface area contributed by atoms with Gasteiger partial charge in [-0.25, -0.2) is 9.78 Å². The summed E-state index contributed by atoms with van der Waals surface area (Å²) in [5, 5.41) is 9.68. The second-order valence-electron chi connectivity index (χ2n) is 7.83. The molecule has 0 fully saturated rings. The van der Waals surface area contributed by atoms with Crippen molar-refractivity contribution in [2.45, 2.75) is 45.6 Å². The monoisotopic (exact) mass is 418 g/mol. The number of benzene rings is 2. The van der Waals surface area contributed by atoms with Crippen molar-refractivity contribution in [1.82, 2.24) is 9.55 Å². The van der Waals surface area contributed by atoms with Crippen LogP contribution < -0.4 is 10.3 Å². The van der Waals surface area contributed by atoms with Crippen molar-refractivity contribution in [3.05, 3.63) is 69.8 Å². The number of unbranched alkanes of at least 4 members (excludes halogenated alkanes) is 3. The van der Waals surface area contributed by atoms with Crippen molar-refractivity contribution in [3.8, 4) is 5.75 Å². The van der Waals surface area contributed by atoms with Crippen molar-refractivity contribution in [2.75, 3.05) is 6.61 Å². The quantitative estimate of drug-likeness (QED) is 0.521. The van der Waals surface area contributed by atoms with E-state index in [9.17, 15) is 14.7 Å². The van der Waals surface area contributed by atoms with Crippen LogP contribution in [-0.4, -0.2) is 27.2 Å². The minimum absolute atomic E-state index is 0.123. The zero-order valence-electron chi connectivity index (χ0n) is 17.6. The number of rotatable bonds is 8. The average molecular weight is 418 g/mol. The Morgan fingerprint density at radius 2 is 1.97 bits per heavy atom. The summed E-state index contributed by atoms with van der Waals surface area (Å²) in [5.74, 6) is 0.427. The summed E-state index contributed by atoms with van der Waals surface area (Å²) in [6.07, 6.45) is 7.44. The topological polar surface area (TPSA) is 81.4 Å². The third-order valence-electron chi connectivity index (χ3n) is 5.58. The number of hydrogen-bond donors (Lipinski definition) is 1. The van der Waals surface area contributed by atoms with E-state index in [0.29, 0.717) is 29.7 Å². The molecule has 31 heavy (non-hydrogen) atoms. The van der Waals surface area contributed by atoms with Gasteiger partial charge in [-0.2, -0.15) is 0 Å². The van der Waals surface area contributed by atoms with E-state index in [1.54, 1.807) is 10.6 Å². The lowest BCUT2D eigenvalue weighted by Crippen LogP contribution is -2.20. The maximum Gasteiger partial charge on any atom is 0.335 e. The van der Waals surface area contributed by atoms with Crippen LogP contribution in [0.5, 0.6) is 5.75 Å². The maximum atomic E-state index is 12.8. The molecule has 4 rings (SSSR count). The van der Waals surface area contributed by atoms with Crippen molar-refractivity contribution in [2.24, 2.45) is 0 Å². The van der Waals surface area contributed by atoms with Crippen molar-refractivity contribution >= 4 is 28.5 Å². The first-order valence-corrected chi connectivity index (χ1v) is 10.8. The van der Waals surface area contributed by atoms with Gasteiger partial charge < -0.3 is 9.84 Å². The maximum absolute atomic E-state index is 12.8. The van der Waals surface area contributed by atoms with Gasteiger partial charge in [0, 0.05) is 6.54 Å². The highest BCUT2D eigenvalue weighted by Crippen LogP contribution is 2.28. The number of carboxylic acids is 1. The molecule has 0 bridgehead atoms. The molecule has 0 unspecified atom stereocenters. The fourth-order valence-electron chi connectivity index (χ4n) is 3.87. The van der Waals surface area contributed by atoms with Gasteiger partial charge in [0.1, 0.15) is 11.6 Å². The van der Waals surface area contributed by atoms with Gasteiger partial charge in [0.05, 0.1) is 23.1 Å². The van der Waals surface area contributed by atoms with E-state index in [2.05, 4.69) is 11.9 Å². The highest BCUT2D eigenvalue weighted by Gasteiger charge is 2.21. The molecule has 2 aromatic carbocycles. The van der Waals surface area contributed by atoms with Gasteiger partial charge in [-0.1, -0.05) is 38.3 Å². The standard InChI is InChI=1S/C25H26N2O4/c1-2-3-4-5-14-31-20-9-6-17(7-10-20)15-18-12-13-27-23(18)26-22-16-19(25(29)30)8-11-21(22)24(27)28/h6-11,15-16H,2-5,12-14H2,1H3,(H,29,30). The Bertz CT molecular complexity index is 1190. The van der Waals surface area contributed by atoms with Crippen molar-refractivity contribution in [1.29, 1.82) is 0 Å². The minimum atomic E-state index is -1.03. The zero-order valence-corrected chi connectivity index (χ0v) is 17.6. The number of aromatic nitrogens is 2. The van der Waals surface area contributed by atoms with Crippen LogP contribution in [0.15, 0.2) is 47.3 Å². The Labute approximate surface area is 180 Å². The van der Waals surface area contributed by atoms with Crippen LogP contribution in [-0.2, 0) is 6.54 Å². The van der Waals surface area contributed by atoms with E-state index in [4.69, 9.17) is 4.74 Å². The second kappa shape index (κ2) is 9.16. The normalized spacial score (nSPS) is 14.2. The molecule has 6 nitrogen and oxygen atoms in total. The average Bonchev–Trinajstić information content (AvgIpc) is 3.17. The second-order valence-corrected chi connectivity index (χ2v) is 7.83. The van der Waals surface area contributed by atoms with Crippen LogP contribution in [0.1, 0.15) is 60.8 Å². The molecule has 0 aliphatic carbocycles. The van der Waals surface area contributed by atoms with Gasteiger partial charge >= 0.3 is 5.97 Å². The van der Waals surface area contributed by atoms with Gasteiger partial charge in [0.2, 0.25) is 0 Å². The SMILES string of the molecule is CCCCCCOc1ccc(C=C2CCn3c2nc2cc(C(=O)O)ccc2c3=O)cc1. The first kappa shape index (κ1) is 20.8. The van der Waals surface area contributed by atoms with E-state index in [1.807, 2.05) is 30.3 Å². The summed E-state index contributed by atoms with van der Waals surface area (Å²) >= 11 is 0. The predicted molar refractivity (Wildman–Crippen MR) is 122 cm³/mol. The van der Waals surface area contributed by atoms with Crippen LogP contribution in [0.4, 0.5) is 0 Å². The number of allylic oxidation sites excluding steroid dienone is 1. The number of aromatic carboxylic acids is 1. The summed E-state index contributed by atoms with van der Waals surface area (Å²) in [6.45, 7) is 3.49. The Morgan fingerprint density at radius 3 is 2.71 bits per heavy atom. The molecule has 1 N–H and O–H groups in total. The van der Waals surface area contributed by atoms with Crippen molar-refractivity contribution < 1.29 is 14.6 Å². The number of fused-ring (bicyclic) bond motifs is 2. The fourth-order valence-corrected chi connectivity index (χ4v) is 3.87. The van der Waals surface area contributed by atoms with Gasteiger partial charge in [0.15, 0.2) is 0 Å². The lowest BCUT2D eigenvalue weighted by atomic mass is 10.1. The number of carboxylic acid groups (broad SMARTS) is 1. The molecule has 1 aliphatic heterocycles. The molecule has 0 radical (unpaired) electrons. The smallest absolute Gasteiger partial charge is 0.335 e. The lowest BCUT2D eigenvalue weighted by Gasteiger charge is -2.07. The fraction of sp³-hybridized carbons (Fsp3) is 0.320. The van der Waals surface area contributed by atoms with Gasteiger partial charge in [-0.15, -0.1) is 0 Å². The van der Waals surface area contributed by atoms with Gasteiger partial charge in [-0.3, -0.25) is 9.36 Å². The van der Waals surface area contributed by atoms with Gasteiger partial charge in [-0.05, 0) is 60.4 Å². The Kier molecular flexibility index (Phi) is 6.16. The van der Waals surface area contributed by atoms with Crippen molar-refractivity contribution in [3.63, 3.8) is 0 Å².